The summed E-state index contributed by atoms with van der Waals surface area (Å²) in [6, 6.07) is 13.2. The number of halogens is 3. The van der Waals surface area contributed by atoms with Crippen molar-refractivity contribution in [1.82, 2.24) is 10.2 Å². The van der Waals surface area contributed by atoms with Crippen LogP contribution in [0.2, 0.25) is 0 Å². The monoisotopic (exact) mass is 438 g/mol. The van der Waals surface area contributed by atoms with Gasteiger partial charge in [0.05, 0.1) is 10.9 Å². The van der Waals surface area contributed by atoms with Gasteiger partial charge < -0.3 is 10.2 Å². The second kappa shape index (κ2) is 9.64. The van der Waals surface area contributed by atoms with E-state index in [4.69, 9.17) is 0 Å². The van der Waals surface area contributed by atoms with E-state index in [0.717, 1.165) is 10.4 Å². The van der Waals surface area contributed by atoms with Crippen molar-refractivity contribution >= 4 is 23.2 Å². The quantitative estimate of drug-likeness (QED) is 0.682. The van der Waals surface area contributed by atoms with Gasteiger partial charge in [0.15, 0.2) is 0 Å². The standard InChI is InChI=1S/C22H25F3N2O2S/c1-15-7-8-19(30-15)21(29)26-18(17-5-3-2-4-6-17)13-16-9-11-27(12-10-16)20(28)14-22(23,24)25/h2-8,16,18H,9-14H2,1H3,(H,26,29). The van der Waals surface area contributed by atoms with Gasteiger partial charge >= 0.3 is 6.18 Å². The summed E-state index contributed by atoms with van der Waals surface area (Å²) in [5.74, 6) is -0.766. The van der Waals surface area contributed by atoms with Crippen LogP contribution < -0.4 is 5.32 Å². The Morgan fingerprint density at radius 2 is 1.80 bits per heavy atom. The zero-order valence-corrected chi connectivity index (χ0v) is 17.6. The molecule has 1 fully saturated rings. The molecule has 1 aromatic carbocycles. The van der Waals surface area contributed by atoms with Gasteiger partial charge in [-0.3, -0.25) is 9.59 Å². The molecule has 0 saturated carbocycles. The van der Waals surface area contributed by atoms with Crippen molar-refractivity contribution in [1.29, 1.82) is 0 Å². The molecular formula is C22H25F3N2O2S. The average molecular weight is 439 g/mol. The predicted molar refractivity (Wildman–Crippen MR) is 110 cm³/mol. The lowest BCUT2D eigenvalue weighted by Gasteiger charge is -2.34. The third-order valence-electron chi connectivity index (χ3n) is 5.36. The zero-order valence-electron chi connectivity index (χ0n) is 16.7. The summed E-state index contributed by atoms with van der Waals surface area (Å²) in [7, 11) is 0. The van der Waals surface area contributed by atoms with Crippen LogP contribution in [0.3, 0.4) is 0 Å². The number of rotatable bonds is 6. The Balaban J connectivity index is 1.62. The lowest BCUT2D eigenvalue weighted by molar-refractivity contribution is -0.162. The normalized spacial score (nSPS) is 16.3. The molecule has 0 radical (unpaired) electrons. The minimum atomic E-state index is -4.48. The number of thiophene rings is 1. The van der Waals surface area contributed by atoms with Gasteiger partial charge in [-0.25, -0.2) is 0 Å². The van der Waals surface area contributed by atoms with Gasteiger partial charge in [-0.1, -0.05) is 30.3 Å². The number of amides is 2. The molecule has 2 aromatic rings. The number of piperidine rings is 1. The first-order chi connectivity index (χ1) is 14.2. The summed E-state index contributed by atoms with van der Waals surface area (Å²) in [4.78, 5) is 27.5. The number of carbonyl (C=O) groups is 2. The highest BCUT2D eigenvalue weighted by Gasteiger charge is 2.35. The molecule has 1 saturated heterocycles. The predicted octanol–water partition coefficient (Wildman–Crippen LogP) is 5.11. The maximum atomic E-state index is 12.7. The van der Waals surface area contributed by atoms with Crippen molar-refractivity contribution in [2.75, 3.05) is 13.1 Å². The Labute approximate surface area is 178 Å². The Morgan fingerprint density at radius 1 is 1.13 bits per heavy atom. The fraction of sp³-hybridized carbons (Fsp3) is 0.455. The molecule has 1 unspecified atom stereocenters. The lowest BCUT2D eigenvalue weighted by Crippen LogP contribution is -2.41. The van der Waals surface area contributed by atoms with E-state index in [1.807, 2.05) is 49.4 Å². The van der Waals surface area contributed by atoms with Gasteiger partial charge in [0.1, 0.15) is 6.42 Å². The van der Waals surface area contributed by atoms with Gasteiger partial charge in [-0.2, -0.15) is 13.2 Å². The Morgan fingerprint density at radius 3 is 2.37 bits per heavy atom. The molecular weight excluding hydrogens is 413 g/mol. The number of hydrogen-bond acceptors (Lipinski definition) is 3. The highest BCUT2D eigenvalue weighted by Crippen LogP contribution is 2.30. The Bertz CT molecular complexity index is 859. The molecule has 2 amide bonds. The van der Waals surface area contributed by atoms with Crippen LogP contribution >= 0.6 is 11.3 Å². The van der Waals surface area contributed by atoms with Gasteiger partial charge in [-0.15, -0.1) is 11.3 Å². The fourth-order valence-corrected chi connectivity index (χ4v) is 4.55. The number of nitrogens with zero attached hydrogens (tertiary/aromatic N) is 1. The lowest BCUT2D eigenvalue weighted by atomic mass is 9.87. The van der Waals surface area contributed by atoms with Crippen LogP contribution in [0, 0.1) is 12.8 Å². The minimum Gasteiger partial charge on any atom is -0.345 e. The molecule has 1 aromatic heterocycles. The van der Waals surface area contributed by atoms with E-state index in [2.05, 4.69) is 5.32 Å². The second-order valence-electron chi connectivity index (χ2n) is 7.70. The summed E-state index contributed by atoms with van der Waals surface area (Å²) >= 11 is 1.44. The van der Waals surface area contributed by atoms with E-state index in [-0.39, 0.29) is 17.9 Å². The van der Waals surface area contributed by atoms with E-state index in [0.29, 0.717) is 37.2 Å². The SMILES string of the molecule is Cc1ccc(C(=O)NC(CC2CCN(C(=O)CC(F)(F)F)CC2)c2ccccc2)s1. The van der Waals surface area contributed by atoms with E-state index in [1.165, 1.54) is 16.2 Å². The fourth-order valence-electron chi connectivity index (χ4n) is 3.78. The van der Waals surface area contributed by atoms with Gasteiger partial charge in [0.25, 0.3) is 5.91 Å². The number of carbonyl (C=O) groups excluding carboxylic acids is 2. The first kappa shape index (κ1) is 22.3. The maximum Gasteiger partial charge on any atom is 0.397 e. The number of nitrogens with one attached hydrogen (secondary N) is 1. The zero-order chi connectivity index (χ0) is 21.7. The van der Waals surface area contributed by atoms with Gasteiger partial charge in [0, 0.05) is 18.0 Å². The maximum absolute atomic E-state index is 12.7. The van der Waals surface area contributed by atoms with E-state index >= 15 is 0 Å². The average Bonchev–Trinajstić information content (AvgIpc) is 3.14. The molecule has 1 aliphatic rings. The smallest absolute Gasteiger partial charge is 0.345 e. The Kier molecular flexibility index (Phi) is 7.18. The summed E-state index contributed by atoms with van der Waals surface area (Å²) in [5, 5.41) is 3.12. The molecule has 0 bridgehead atoms. The van der Waals surface area contributed by atoms with Crippen molar-refractivity contribution in [2.24, 2.45) is 5.92 Å². The summed E-state index contributed by atoms with van der Waals surface area (Å²) < 4.78 is 37.4. The number of benzene rings is 1. The minimum absolute atomic E-state index is 0.125. The molecule has 2 heterocycles. The first-order valence-electron chi connectivity index (χ1n) is 9.98. The Hall–Kier alpha value is -2.35. The molecule has 1 atom stereocenters. The molecule has 4 nitrogen and oxygen atoms in total. The van der Waals surface area contributed by atoms with Gasteiger partial charge in [0.2, 0.25) is 5.91 Å². The number of likely N-dealkylation sites (tertiary alicyclic amines) is 1. The van der Waals surface area contributed by atoms with Crippen LogP contribution in [0.5, 0.6) is 0 Å². The molecule has 1 aliphatic heterocycles. The van der Waals surface area contributed by atoms with E-state index in [1.54, 1.807) is 0 Å². The van der Waals surface area contributed by atoms with E-state index in [9.17, 15) is 22.8 Å². The van der Waals surface area contributed by atoms with Crippen molar-refractivity contribution in [2.45, 2.75) is 44.8 Å². The van der Waals surface area contributed by atoms with E-state index < -0.39 is 18.5 Å². The number of aryl methyl sites for hydroxylation is 1. The second-order valence-corrected chi connectivity index (χ2v) is 8.99. The van der Waals surface area contributed by atoms with Crippen molar-refractivity contribution in [3.8, 4) is 0 Å². The van der Waals surface area contributed by atoms with Gasteiger partial charge in [-0.05, 0) is 49.8 Å². The van der Waals surface area contributed by atoms with Crippen LogP contribution in [-0.2, 0) is 4.79 Å². The molecule has 8 heteroatoms. The molecule has 162 valence electrons. The van der Waals surface area contributed by atoms with Crippen molar-refractivity contribution < 1.29 is 22.8 Å². The largest absolute Gasteiger partial charge is 0.397 e. The van der Waals surface area contributed by atoms with Crippen LogP contribution in [0.1, 0.15) is 51.8 Å². The first-order valence-corrected chi connectivity index (χ1v) is 10.8. The molecule has 30 heavy (non-hydrogen) atoms. The highest BCUT2D eigenvalue weighted by atomic mass is 32.1. The summed E-state index contributed by atoms with van der Waals surface area (Å²) in [6.07, 6.45) is -3.94. The third-order valence-corrected chi connectivity index (χ3v) is 6.36. The van der Waals surface area contributed by atoms with Crippen LogP contribution in [0.15, 0.2) is 42.5 Å². The third kappa shape index (κ3) is 6.32. The van der Waals surface area contributed by atoms with Crippen molar-refractivity contribution in [3.05, 3.63) is 57.8 Å². The highest BCUT2D eigenvalue weighted by molar-refractivity contribution is 7.13. The summed E-state index contributed by atoms with van der Waals surface area (Å²) in [6.45, 7) is 2.59. The van der Waals surface area contributed by atoms with Crippen LogP contribution in [-0.4, -0.2) is 36.0 Å². The van der Waals surface area contributed by atoms with Crippen molar-refractivity contribution in [3.63, 3.8) is 0 Å². The number of alkyl halides is 3. The summed E-state index contributed by atoms with van der Waals surface area (Å²) in [5.41, 5.74) is 0.995. The van der Waals surface area contributed by atoms with Crippen LogP contribution in [0.25, 0.3) is 0 Å². The molecule has 0 spiro atoms. The molecule has 1 N–H and O–H groups in total. The topological polar surface area (TPSA) is 49.4 Å². The molecule has 3 rings (SSSR count). The van der Waals surface area contributed by atoms with Crippen LogP contribution in [0.4, 0.5) is 13.2 Å². The number of hydrogen-bond donors (Lipinski definition) is 1. The molecule has 0 aliphatic carbocycles.